The molecule has 0 radical (unpaired) electrons. The van der Waals surface area contributed by atoms with E-state index in [0.717, 1.165) is 0 Å². The van der Waals surface area contributed by atoms with E-state index >= 15 is 0 Å². The van der Waals surface area contributed by atoms with Gasteiger partial charge in [0.15, 0.2) is 0 Å². The highest BCUT2D eigenvalue weighted by molar-refractivity contribution is 5.54. The minimum Gasteiger partial charge on any atom is -0.496 e. The fourth-order valence-corrected chi connectivity index (χ4v) is 1.24. The summed E-state index contributed by atoms with van der Waals surface area (Å²) in [5.74, 6) is 0.586. The number of aliphatic hydroxyl groups is 1. The van der Waals surface area contributed by atoms with Crippen LogP contribution in [0.2, 0.25) is 0 Å². The van der Waals surface area contributed by atoms with Crippen LogP contribution < -0.4 is 10.1 Å². The normalized spacial score (nSPS) is 8.71. The van der Waals surface area contributed by atoms with Crippen molar-refractivity contribution < 1.29 is 9.84 Å². The Kier molecular flexibility index (Phi) is 4.56. The van der Waals surface area contributed by atoms with Crippen LogP contribution in [0.5, 0.6) is 5.75 Å². The zero-order chi connectivity index (χ0) is 12.7. The summed E-state index contributed by atoms with van der Waals surface area (Å²) in [6.45, 7) is -0.147. The molecule has 1 rings (SSSR count). The third kappa shape index (κ3) is 3.23. The summed E-state index contributed by atoms with van der Waals surface area (Å²) in [6.07, 6.45) is 1.31. The van der Waals surface area contributed by atoms with Gasteiger partial charge in [-0.1, -0.05) is 0 Å². The van der Waals surface area contributed by atoms with Gasteiger partial charge in [0.1, 0.15) is 23.5 Å². The first-order valence-corrected chi connectivity index (χ1v) is 4.79. The van der Waals surface area contributed by atoms with Crippen LogP contribution in [0.1, 0.15) is 5.56 Å². The Labute approximate surface area is 99.2 Å². The second-order valence-electron chi connectivity index (χ2n) is 3.11. The fourth-order valence-electron chi connectivity index (χ4n) is 1.24. The van der Waals surface area contributed by atoms with Crippen molar-refractivity contribution in [2.45, 2.75) is 6.61 Å². The molecule has 0 atom stereocenters. The molecular weight excluding hydrogens is 218 g/mol. The van der Waals surface area contributed by atoms with E-state index in [0.29, 0.717) is 17.0 Å². The van der Waals surface area contributed by atoms with Gasteiger partial charge in [-0.15, -0.1) is 0 Å². The van der Waals surface area contributed by atoms with E-state index in [1.54, 1.807) is 30.3 Å². The molecule has 0 unspecified atom stereocenters. The highest BCUT2D eigenvalue weighted by Crippen LogP contribution is 2.22. The molecular formula is C12H11N3O2. The molecule has 5 nitrogen and oxygen atoms in total. The molecule has 1 aromatic rings. The Morgan fingerprint density at radius 2 is 2.18 bits per heavy atom. The summed E-state index contributed by atoms with van der Waals surface area (Å²) in [5.41, 5.74) is 1.27. The van der Waals surface area contributed by atoms with Crippen molar-refractivity contribution in [3.8, 4) is 17.9 Å². The first kappa shape index (κ1) is 12.6. The first-order valence-electron chi connectivity index (χ1n) is 4.79. The lowest BCUT2D eigenvalue weighted by atomic mass is 10.2. The van der Waals surface area contributed by atoms with Crippen LogP contribution in [0.25, 0.3) is 0 Å². The Bertz CT molecular complexity index is 493. The van der Waals surface area contributed by atoms with Crippen LogP contribution in [-0.2, 0) is 6.61 Å². The van der Waals surface area contributed by atoms with Gasteiger partial charge in [0.25, 0.3) is 0 Å². The molecule has 5 heteroatoms. The Balaban J connectivity index is 2.92. The molecule has 0 saturated carbocycles. The van der Waals surface area contributed by atoms with Gasteiger partial charge >= 0.3 is 0 Å². The average molecular weight is 229 g/mol. The van der Waals surface area contributed by atoms with Crippen LogP contribution in [0.15, 0.2) is 30.0 Å². The minimum absolute atomic E-state index is 0.0219. The second kappa shape index (κ2) is 6.16. The van der Waals surface area contributed by atoms with Crippen LogP contribution >= 0.6 is 0 Å². The summed E-state index contributed by atoms with van der Waals surface area (Å²) in [5, 5.41) is 29.0. The molecule has 0 saturated heterocycles. The van der Waals surface area contributed by atoms with Crippen molar-refractivity contribution in [1.82, 2.24) is 0 Å². The number of nitrogens with one attached hydrogen (secondary N) is 1. The smallest absolute Gasteiger partial charge is 0.145 e. The quantitative estimate of drug-likeness (QED) is 0.764. The third-order valence-corrected chi connectivity index (χ3v) is 2.07. The summed E-state index contributed by atoms with van der Waals surface area (Å²) in [7, 11) is 1.52. The number of rotatable bonds is 4. The Morgan fingerprint density at radius 1 is 1.47 bits per heavy atom. The van der Waals surface area contributed by atoms with Crippen molar-refractivity contribution in [3.63, 3.8) is 0 Å². The van der Waals surface area contributed by atoms with Gasteiger partial charge < -0.3 is 15.2 Å². The molecule has 0 bridgehead atoms. The molecule has 0 aliphatic heterocycles. The Morgan fingerprint density at radius 3 is 2.71 bits per heavy atom. The summed E-state index contributed by atoms with van der Waals surface area (Å²) < 4.78 is 5.05. The van der Waals surface area contributed by atoms with E-state index in [1.807, 2.05) is 0 Å². The van der Waals surface area contributed by atoms with E-state index in [4.69, 9.17) is 20.4 Å². The van der Waals surface area contributed by atoms with Crippen molar-refractivity contribution >= 4 is 5.69 Å². The average Bonchev–Trinajstić information content (AvgIpc) is 2.39. The van der Waals surface area contributed by atoms with Crippen molar-refractivity contribution in [2.75, 3.05) is 12.4 Å². The SMILES string of the molecule is COc1ccc(NC=C(C#N)C#N)cc1CO. The maximum Gasteiger partial charge on any atom is 0.145 e. The first-order chi connectivity index (χ1) is 8.24. The summed E-state index contributed by atoms with van der Waals surface area (Å²) >= 11 is 0. The van der Waals surface area contributed by atoms with E-state index in [9.17, 15) is 0 Å². The van der Waals surface area contributed by atoms with E-state index in [2.05, 4.69) is 5.32 Å². The number of anilines is 1. The highest BCUT2D eigenvalue weighted by Gasteiger charge is 2.02. The van der Waals surface area contributed by atoms with Crippen LogP contribution in [0.3, 0.4) is 0 Å². The molecule has 0 aliphatic carbocycles. The number of hydrogen-bond donors (Lipinski definition) is 2. The maximum absolute atomic E-state index is 9.12. The molecule has 0 spiro atoms. The third-order valence-electron chi connectivity index (χ3n) is 2.07. The monoisotopic (exact) mass is 229 g/mol. The van der Waals surface area contributed by atoms with E-state index < -0.39 is 0 Å². The lowest BCUT2D eigenvalue weighted by molar-refractivity contribution is 0.274. The molecule has 0 aromatic heterocycles. The van der Waals surface area contributed by atoms with Gasteiger partial charge in [0.05, 0.1) is 13.7 Å². The number of allylic oxidation sites excluding steroid dienone is 1. The predicted octanol–water partition coefficient (Wildman–Crippen LogP) is 1.53. The maximum atomic E-state index is 9.12. The lowest BCUT2D eigenvalue weighted by Gasteiger charge is -2.08. The summed E-state index contributed by atoms with van der Waals surface area (Å²) in [4.78, 5) is 0. The lowest BCUT2D eigenvalue weighted by Crippen LogP contribution is -1.95. The molecule has 1 aromatic carbocycles. The van der Waals surface area contributed by atoms with Crippen LogP contribution in [-0.4, -0.2) is 12.2 Å². The molecule has 0 amide bonds. The molecule has 17 heavy (non-hydrogen) atoms. The van der Waals surface area contributed by atoms with Crippen molar-refractivity contribution in [3.05, 3.63) is 35.5 Å². The Hall–Kier alpha value is -2.50. The second-order valence-corrected chi connectivity index (χ2v) is 3.11. The summed E-state index contributed by atoms with van der Waals surface area (Å²) in [6, 6.07) is 8.57. The fraction of sp³-hybridized carbons (Fsp3) is 0.167. The van der Waals surface area contributed by atoms with Gasteiger partial charge in [-0.3, -0.25) is 0 Å². The minimum atomic E-state index is -0.147. The topological polar surface area (TPSA) is 89.1 Å². The zero-order valence-electron chi connectivity index (χ0n) is 9.27. The number of aliphatic hydroxyl groups excluding tert-OH is 1. The molecule has 0 heterocycles. The number of nitrogens with zero attached hydrogens (tertiary/aromatic N) is 2. The van der Waals surface area contributed by atoms with Gasteiger partial charge in [-0.25, -0.2) is 0 Å². The number of methoxy groups -OCH3 is 1. The number of ether oxygens (including phenoxy) is 1. The van der Waals surface area contributed by atoms with Gasteiger partial charge in [0, 0.05) is 17.5 Å². The van der Waals surface area contributed by atoms with Crippen molar-refractivity contribution in [1.29, 1.82) is 10.5 Å². The zero-order valence-corrected chi connectivity index (χ0v) is 9.27. The van der Waals surface area contributed by atoms with Crippen molar-refractivity contribution in [2.24, 2.45) is 0 Å². The standard InChI is InChI=1S/C12H11N3O2/c1-17-12-3-2-11(4-10(12)8-16)15-7-9(5-13)6-14/h2-4,7,15-16H,8H2,1H3. The number of hydrogen-bond acceptors (Lipinski definition) is 5. The van der Waals surface area contributed by atoms with Gasteiger partial charge in [-0.2, -0.15) is 10.5 Å². The van der Waals surface area contributed by atoms with Gasteiger partial charge in [-0.05, 0) is 18.2 Å². The number of benzene rings is 1. The molecule has 86 valence electrons. The van der Waals surface area contributed by atoms with E-state index in [1.165, 1.54) is 13.3 Å². The molecule has 0 fully saturated rings. The number of nitriles is 2. The highest BCUT2D eigenvalue weighted by atomic mass is 16.5. The molecule has 0 aliphatic rings. The van der Waals surface area contributed by atoms with Gasteiger partial charge in [0.2, 0.25) is 0 Å². The largest absolute Gasteiger partial charge is 0.496 e. The predicted molar refractivity (Wildman–Crippen MR) is 61.8 cm³/mol. The molecule has 2 N–H and O–H groups in total. The van der Waals surface area contributed by atoms with E-state index in [-0.39, 0.29) is 12.2 Å². The van der Waals surface area contributed by atoms with Crippen LogP contribution in [0.4, 0.5) is 5.69 Å². The van der Waals surface area contributed by atoms with Crippen LogP contribution in [0, 0.1) is 22.7 Å².